The number of nitrogens with zero attached hydrogens (tertiary/aromatic N) is 2. The van der Waals surface area contributed by atoms with E-state index in [1.807, 2.05) is 0 Å². The number of hydrogen-bond donors (Lipinski definition) is 1. The molecule has 2 saturated heterocycles. The Balaban J connectivity index is 1.69. The molecule has 3 fully saturated rings. The lowest BCUT2D eigenvalue weighted by molar-refractivity contribution is 0.271. The van der Waals surface area contributed by atoms with Gasteiger partial charge in [0.1, 0.15) is 0 Å². The van der Waals surface area contributed by atoms with Crippen LogP contribution in [0.15, 0.2) is 0 Å². The fraction of sp³-hybridized carbons (Fsp3) is 1.00. The molecule has 3 aliphatic rings. The number of hydrogen-bond acceptors (Lipinski definition) is 3. The molecule has 2 aliphatic heterocycles. The molecule has 20 heavy (non-hydrogen) atoms. The van der Waals surface area contributed by atoms with Gasteiger partial charge in [-0.25, -0.2) is 0 Å². The summed E-state index contributed by atoms with van der Waals surface area (Å²) in [7, 11) is -3.23. The quantitative estimate of drug-likeness (QED) is 0.832. The Kier molecular flexibility index (Phi) is 4.36. The molecule has 1 saturated carbocycles. The molecular formula is C14H27N3O2S. The Bertz CT molecular complexity index is 432. The lowest BCUT2D eigenvalue weighted by Gasteiger charge is -2.28. The molecule has 116 valence electrons. The van der Waals surface area contributed by atoms with Gasteiger partial charge in [-0.2, -0.15) is 17.0 Å². The van der Waals surface area contributed by atoms with Crippen LogP contribution in [-0.4, -0.2) is 49.2 Å². The van der Waals surface area contributed by atoms with Crippen molar-refractivity contribution >= 4 is 10.2 Å². The molecule has 5 nitrogen and oxygen atoms in total. The van der Waals surface area contributed by atoms with Gasteiger partial charge < -0.3 is 5.73 Å². The summed E-state index contributed by atoms with van der Waals surface area (Å²) in [6.07, 6.45) is 7.47. The smallest absolute Gasteiger partial charge is 0.281 e. The zero-order valence-electron chi connectivity index (χ0n) is 12.2. The van der Waals surface area contributed by atoms with Gasteiger partial charge in [0.05, 0.1) is 0 Å². The molecule has 2 N–H and O–H groups in total. The first-order valence-electron chi connectivity index (χ1n) is 8.08. The van der Waals surface area contributed by atoms with Gasteiger partial charge in [-0.05, 0) is 43.9 Å². The average Bonchev–Trinajstić information content (AvgIpc) is 2.65. The van der Waals surface area contributed by atoms with Crippen LogP contribution in [0.5, 0.6) is 0 Å². The molecule has 0 bridgehead atoms. The summed E-state index contributed by atoms with van der Waals surface area (Å²) in [5, 5.41) is 0. The molecule has 0 radical (unpaired) electrons. The van der Waals surface area contributed by atoms with E-state index in [1.54, 1.807) is 8.61 Å². The molecule has 1 aliphatic carbocycles. The fourth-order valence-corrected chi connectivity index (χ4v) is 5.85. The van der Waals surface area contributed by atoms with Crippen molar-refractivity contribution in [3.8, 4) is 0 Å². The molecule has 0 aromatic carbocycles. The maximum atomic E-state index is 12.8. The van der Waals surface area contributed by atoms with Crippen LogP contribution in [0.25, 0.3) is 0 Å². The highest BCUT2D eigenvalue weighted by Gasteiger charge is 2.43. The van der Waals surface area contributed by atoms with Crippen molar-refractivity contribution in [2.45, 2.75) is 51.0 Å². The molecule has 0 aromatic heterocycles. The first-order chi connectivity index (χ1) is 9.57. The molecule has 6 heteroatoms. The SMILES string of the molecule is NC1CC[C@@H]2CN(S(=O)(=O)N3CCCCCC3)C[C@@H]2C1. The molecule has 2 heterocycles. The van der Waals surface area contributed by atoms with Gasteiger partial charge in [0, 0.05) is 32.2 Å². The molecule has 3 rings (SSSR count). The van der Waals surface area contributed by atoms with Crippen molar-refractivity contribution in [2.24, 2.45) is 17.6 Å². The first kappa shape index (κ1) is 14.8. The average molecular weight is 301 g/mol. The van der Waals surface area contributed by atoms with Gasteiger partial charge >= 0.3 is 0 Å². The van der Waals surface area contributed by atoms with E-state index >= 15 is 0 Å². The summed E-state index contributed by atoms with van der Waals surface area (Å²) in [6, 6.07) is 0.275. The lowest BCUT2D eigenvalue weighted by Crippen LogP contribution is -2.43. The Morgan fingerprint density at radius 3 is 2.20 bits per heavy atom. The topological polar surface area (TPSA) is 66.6 Å². The van der Waals surface area contributed by atoms with Crippen LogP contribution in [0.1, 0.15) is 44.9 Å². The summed E-state index contributed by atoms with van der Waals surface area (Å²) in [4.78, 5) is 0. The highest BCUT2D eigenvalue weighted by Crippen LogP contribution is 2.37. The minimum atomic E-state index is -3.23. The van der Waals surface area contributed by atoms with Crippen LogP contribution >= 0.6 is 0 Å². The van der Waals surface area contributed by atoms with Crippen molar-refractivity contribution in [1.82, 2.24) is 8.61 Å². The van der Waals surface area contributed by atoms with Gasteiger partial charge in [0.25, 0.3) is 10.2 Å². The van der Waals surface area contributed by atoms with Crippen molar-refractivity contribution in [1.29, 1.82) is 0 Å². The van der Waals surface area contributed by atoms with Crippen molar-refractivity contribution in [3.63, 3.8) is 0 Å². The van der Waals surface area contributed by atoms with Crippen molar-refractivity contribution < 1.29 is 8.42 Å². The van der Waals surface area contributed by atoms with E-state index < -0.39 is 10.2 Å². The molecule has 3 atom stereocenters. The number of nitrogens with two attached hydrogens (primary N) is 1. The van der Waals surface area contributed by atoms with E-state index in [9.17, 15) is 8.42 Å². The Morgan fingerprint density at radius 2 is 1.50 bits per heavy atom. The largest absolute Gasteiger partial charge is 0.328 e. The predicted molar refractivity (Wildman–Crippen MR) is 79.3 cm³/mol. The Hall–Kier alpha value is -0.170. The van der Waals surface area contributed by atoms with Crippen LogP contribution in [0.3, 0.4) is 0 Å². The van der Waals surface area contributed by atoms with E-state index in [0.717, 1.165) is 51.5 Å². The second-order valence-electron chi connectivity index (χ2n) is 6.73. The van der Waals surface area contributed by atoms with Gasteiger partial charge in [-0.15, -0.1) is 0 Å². The van der Waals surface area contributed by atoms with Crippen LogP contribution < -0.4 is 5.73 Å². The minimum absolute atomic E-state index is 0.275. The Morgan fingerprint density at radius 1 is 0.850 bits per heavy atom. The highest BCUT2D eigenvalue weighted by atomic mass is 32.2. The van der Waals surface area contributed by atoms with Crippen molar-refractivity contribution in [3.05, 3.63) is 0 Å². The monoisotopic (exact) mass is 301 g/mol. The summed E-state index contributed by atoms with van der Waals surface area (Å²) in [5.74, 6) is 1.03. The third-order valence-electron chi connectivity index (χ3n) is 5.27. The van der Waals surface area contributed by atoms with Gasteiger partial charge in [-0.3, -0.25) is 0 Å². The fourth-order valence-electron chi connectivity index (χ4n) is 4.05. The summed E-state index contributed by atoms with van der Waals surface area (Å²) < 4.78 is 29.0. The number of fused-ring (bicyclic) bond motifs is 1. The third kappa shape index (κ3) is 2.89. The van der Waals surface area contributed by atoms with Gasteiger partial charge in [0.15, 0.2) is 0 Å². The van der Waals surface area contributed by atoms with E-state index in [2.05, 4.69) is 0 Å². The third-order valence-corrected chi connectivity index (χ3v) is 7.24. The lowest BCUT2D eigenvalue weighted by atomic mass is 9.79. The maximum Gasteiger partial charge on any atom is 0.281 e. The molecule has 0 aromatic rings. The highest BCUT2D eigenvalue weighted by molar-refractivity contribution is 7.86. The maximum absolute atomic E-state index is 12.8. The van der Waals surface area contributed by atoms with Crippen LogP contribution in [-0.2, 0) is 10.2 Å². The zero-order valence-corrected chi connectivity index (χ0v) is 13.0. The molecular weight excluding hydrogens is 274 g/mol. The molecule has 1 unspecified atom stereocenters. The van der Waals surface area contributed by atoms with Gasteiger partial charge in [0.2, 0.25) is 0 Å². The summed E-state index contributed by atoms with van der Waals surface area (Å²) in [6.45, 7) is 2.81. The summed E-state index contributed by atoms with van der Waals surface area (Å²) in [5.41, 5.74) is 6.03. The molecule has 0 amide bonds. The van der Waals surface area contributed by atoms with Crippen LogP contribution in [0.2, 0.25) is 0 Å². The zero-order chi connectivity index (χ0) is 14.2. The number of rotatable bonds is 2. The van der Waals surface area contributed by atoms with E-state index in [0.29, 0.717) is 31.5 Å². The first-order valence-corrected chi connectivity index (χ1v) is 9.48. The van der Waals surface area contributed by atoms with E-state index in [4.69, 9.17) is 5.73 Å². The van der Waals surface area contributed by atoms with Crippen molar-refractivity contribution in [2.75, 3.05) is 26.2 Å². The summed E-state index contributed by atoms with van der Waals surface area (Å²) >= 11 is 0. The minimum Gasteiger partial charge on any atom is -0.328 e. The van der Waals surface area contributed by atoms with Crippen LogP contribution in [0.4, 0.5) is 0 Å². The normalized spacial score (nSPS) is 37.5. The van der Waals surface area contributed by atoms with E-state index in [1.165, 1.54) is 0 Å². The standard InChI is InChI=1S/C14H27N3O2S/c15-14-6-5-12-10-17(11-13(12)9-14)20(18,19)16-7-3-1-2-4-8-16/h12-14H,1-11,15H2/t12-,13+,14?/m1/s1. The predicted octanol–water partition coefficient (Wildman–Crippen LogP) is 1.17. The second kappa shape index (κ2) is 5.91. The molecule has 0 spiro atoms. The Labute approximate surface area is 122 Å². The second-order valence-corrected chi connectivity index (χ2v) is 8.66. The van der Waals surface area contributed by atoms with Gasteiger partial charge in [-0.1, -0.05) is 12.8 Å². The van der Waals surface area contributed by atoms with Crippen LogP contribution in [0, 0.1) is 11.8 Å². The van der Waals surface area contributed by atoms with E-state index in [-0.39, 0.29) is 6.04 Å².